The van der Waals surface area contributed by atoms with Crippen molar-refractivity contribution in [1.82, 2.24) is 9.46 Å². The molecule has 1 unspecified atom stereocenters. The van der Waals surface area contributed by atoms with Crippen LogP contribution < -0.4 is 0 Å². The molecule has 1 aromatic heterocycles. The van der Waals surface area contributed by atoms with Crippen LogP contribution in [0.2, 0.25) is 0 Å². The first-order valence-corrected chi connectivity index (χ1v) is 8.67. The summed E-state index contributed by atoms with van der Waals surface area (Å²) in [6.07, 6.45) is 1.73. The maximum absolute atomic E-state index is 12.7. The Balaban J connectivity index is 2.22. The number of nitrogens with zero attached hydrogens (tertiary/aromatic N) is 2. The fraction of sp³-hybridized carbons (Fsp3) is 0.400. The Morgan fingerprint density at radius 1 is 1.27 bits per heavy atom. The zero-order valence-electron chi connectivity index (χ0n) is 12.4. The Kier molecular flexibility index (Phi) is 5.70. The molecule has 0 bridgehead atoms. The van der Waals surface area contributed by atoms with Gasteiger partial charge in [-0.1, -0.05) is 35.5 Å². The summed E-state index contributed by atoms with van der Waals surface area (Å²) >= 11 is 0. The van der Waals surface area contributed by atoms with Gasteiger partial charge in [-0.15, -0.1) is 0 Å². The van der Waals surface area contributed by atoms with Crippen LogP contribution in [0.25, 0.3) is 0 Å². The lowest BCUT2D eigenvalue weighted by Crippen LogP contribution is -2.39. The first kappa shape index (κ1) is 16.7. The molecule has 0 saturated carbocycles. The minimum atomic E-state index is -3.57. The van der Waals surface area contributed by atoms with Gasteiger partial charge in [0, 0.05) is 25.3 Å². The maximum Gasteiger partial charge on any atom is 0.220 e. The molecule has 0 saturated heterocycles. The van der Waals surface area contributed by atoms with E-state index in [1.165, 1.54) is 16.6 Å². The molecule has 0 aliphatic rings. The lowest BCUT2D eigenvalue weighted by atomic mass is 10.2. The molecule has 7 heteroatoms. The third-order valence-corrected chi connectivity index (χ3v) is 5.26. The second-order valence-electron chi connectivity index (χ2n) is 5.14. The summed E-state index contributed by atoms with van der Waals surface area (Å²) in [5.74, 6) is -0.216. The van der Waals surface area contributed by atoms with E-state index >= 15 is 0 Å². The first-order chi connectivity index (χ1) is 10.5. The number of sulfonamides is 1. The molecular formula is C15H20N2O4S. The van der Waals surface area contributed by atoms with Crippen LogP contribution in [0.1, 0.15) is 24.6 Å². The summed E-state index contributed by atoms with van der Waals surface area (Å²) in [6, 6.07) is 10.6. The van der Waals surface area contributed by atoms with E-state index in [0.717, 1.165) is 5.56 Å². The Hall–Kier alpha value is -1.70. The highest BCUT2D eigenvalue weighted by Crippen LogP contribution is 2.18. The summed E-state index contributed by atoms with van der Waals surface area (Å²) < 4.78 is 31.5. The molecule has 0 spiro atoms. The fourth-order valence-corrected chi connectivity index (χ4v) is 3.89. The molecular weight excluding hydrogens is 304 g/mol. The van der Waals surface area contributed by atoms with E-state index < -0.39 is 10.0 Å². The second kappa shape index (κ2) is 7.53. The third-order valence-electron chi connectivity index (χ3n) is 3.40. The van der Waals surface area contributed by atoms with E-state index in [9.17, 15) is 8.42 Å². The van der Waals surface area contributed by atoms with E-state index in [2.05, 4.69) is 5.16 Å². The van der Waals surface area contributed by atoms with Crippen molar-refractivity contribution in [2.24, 2.45) is 0 Å². The Morgan fingerprint density at radius 3 is 2.59 bits per heavy atom. The second-order valence-corrected chi connectivity index (χ2v) is 7.06. The monoisotopic (exact) mass is 324 g/mol. The summed E-state index contributed by atoms with van der Waals surface area (Å²) in [5.41, 5.74) is 1.27. The SMILES string of the molecule is CC(CCO)N(Cc1ccccc1)S(=O)(=O)Cc1ccon1. The number of benzene rings is 1. The molecule has 22 heavy (non-hydrogen) atoms. The Morgan fingerprint density at radius 2 is 2.00 bits per heavy atom. The maximum atomic E-state index is 12.7. The van der Waals surface area contributed by atoms with Gasteiger partial charge in [-0.3, -0.25) is 0 Å². The van der Waals surface area contributed by atoms with E-state index in [1.807, 2.05) is 30.3 Å². The standard InChI is InChI=1S/C15H20N2O4S/c1-13(7-9-18)17(11-14-5-3-2-4-6-14)22(19,20)12-15-8-10-21-16-15/h2-6,8,10,13,18H,7,9,11-12H2,1H3. The lowest BCUT2D eigenvalue weighted by Gasteiger charge is -2.28. The molecule has 0 fully saturated rings. The van der Waals surface area contributed by atoms with Gasteiger partial charge in [0.05, 0.1) is 5.69 Å². The highest BCUT2D eigenvalue weighted by Gasteiger charge is 2.28. The van der Waals surface area contributed by atoms with Crippen molar-refractivity contribution < 1.29 is 18.0 Å². The number of aliphatic hydroxyl groups excluding tert-OH is 1. The number of aliphatic hydroxyl groups is 1. The van der Waals surface area contributed by atoms with Gasteiger partial charge in [0.15, 0.2) is 0 Å². The summed E-state index contributed by atoms with van der Waals surface area (Å²) in [6.45, 7) is 1.99. The van der Waals surface area contributed by atoms with Crippen molar-refractivity contribution in [1.29, 1.82) is 0 Å². The number of rotatable bonds is 8. The van der Waals surface area contributed by atoms with Gasteiger partial charge in [0.1, 0.15) is 12.0 Å². The predicted molar refractivity (Wildman–Crippen MR) is 82.3 cm³/mol. The highest BCUT2D eigenvalue weighted by molar-refractivity contribution is 7.88. The summed E-state index contributed by atoms with van der Waals surface area (Å²) in [5, 5.41) is 12.8. The molecule has 1 atom stereocenters. The van der Waals surface area contributed by atoms with Gasteiger partial charge >= 0.3 is 0 Å². The first-order valence-electron chi connectivity index (χ1n) is 7.06. The molecule has 120 valence electrons. The predicted octanol–water partition coefficient (Wildman–Crippen LogP) is 1.78. The summed E-state index contributed by atoms with van der Waals surface area (Å²) in [4.78, 5) is 0. The van der Waals surface area contributed by atoms with Crippen molar-refractivity contribution in [3.63, 3.8) is 0 Å². The van der Waals surface area contributed by atoms with Crippen molar-refractivity contribution >= 4 is 10.0 Å². The zero-order valence-corrected chi connectivity index (χ0v) is 13.2. The van der Waals surface area contributed by atoms with Crippen LogP contribution >= 0.6 is 0 Å². The van der Waals surface area contributed by atoms with Gasteiger partial charge in [0.2, 0.25) is 10.0 Å². The van der Waals surface area contributed by atoms with Gasteiger partial charge in [-0.25, -0.2) is 8.42 Å². The van der Waals surface area contributed by atoms with E-state index in [4.69, 9.17) is 9.63 Å². The largest absolute Gasteiger partial charge is 0.396 e. The molecule has 1 aromatic carbocycles. The minimum Gasteiger partial charge on any atom is -0.396 e. The van der Waals surface area contributed by atoms with Crippen LogP contribution in [0.5, 0.6) is 0 Å². The van der Waals surface area contributed by atoms with Crippen LogP contribution in [0.4, 0.5) is 0 Å². The molecule has 2 aromatic rings. The van der Waals surface area contributed by atoms with Gasteiger partial charge < -0.3 is 9.63 Å². The molecule has 1 heterocycles. The summed E-state index contributed by atoms with van der Waals surface area (Å²) in [7, 11) is -3.57. The smallest absolute Gasteiger partial charge is 0.220 e. The van der Waals surface area contributed by atoms with Gasteiger partial charge in [0.25, 0.3) is 0 Å². The topological polar surface area (TPSA) is 83.6 Å². The zero-order chi connectivity index (χ0) is 16.0. The van der Waals surface area contributed by atoms with Crippen LogP contribution in [-0.2, 0) is 22.3 Å². The minimum absolute atomic E-state index is 0.0636. The number of hydrogen-bond donors (Lipinski definition) is 1. The lowest BCUT2D eigenvalue weighted by molar-refractivity contribution is 0.230. The average Bonchev–Trinajstić information content (AvgIpc) is 2.98. The van der Waals surface area contributed by atoms with E-state index in [0.29, 0.717) is 12.1 Å². The van der Waals surface area contributed by atoms with Gasteiger partial charge in [-0.05, 0) is 18.9 Å². The Labute approximate surface area is 130 Å². The van der Waals surface area contributed by atoms with Crippen LogP contribution in [0, 0.1) is 0 Å². The van der Waals surface area contributed by atoms with E-state index in [-0.39, 0.29) is 24.9 Å². The quantitative estimate of drug-likeness (QED) is 0.800. The molecule has 6 nitrogen and oxygen atoms in total. The average molecular weight is 324 g/mol. The van der Waals surface area contributed by atoms with Crippen molar-refractivity contribution in [3.05, 3.63) is 53.9 Å². The molecule has 0 amide bonds. The third kappa shape index (κ3) is 4.40. The van der Waals surface area contributed by atoms with Crippen molar-refractivity contribution in [2.75, 3.05) is 6.61 Å². The number of aromatic nitrogens is 1. The van der Waals surface area contributed by atoms with Crippen molar-refractivity contribution in [3.8, 4) is 0 Å². The Bertz CT molecular complexity index is 656. The molecule has 0 aliphatic heterocycles. The van der Waals surface area contributed by atoms with Crippen LogP contribution in [0.15, 0.2) is 47.2 Å². The van der Waals surface area contributed by atoms with Crippen LogP contribution in [-0.4, -0.2) is 35.6 Å². The van der Waals surface area contributed by atoms with Crippen molar-refractivity contribution in [2.45, 2.75) is 31.7 Å². The fourth-order valence-electron chi connectivity index (χ4n) is 2.20. The molecule has 2 rings (SSSR count). The highest BCUT2D eigenvalue weighted by atomic mass is 32.2. The molecule has 0 aliphatic carbocycles. The molecule has 1 N–H and O–H groups in total. The van der Waals surface area contributed by atoms with Gasteiger partial charge in [-0.2, -0.15) is 4.31 Å². The normalized spacial score (nSPS) is 13.4. The molecule has 0 radical (unpaired) electrons. The van der Waals surface area contributed by atoms with E-state index in [1.54, 1.807) is 6.92 Å². The number of hydrogen-bond acceptors (Lipinski definition) is 5. The van der Waals surface area contributed by atoms with Crippen LogP contribution in [0.3, 0.4) is 0 Å².